The number of ether oxygens (including phenoxy) is 1. The van der Waals surface area contributed by atoms with Crippen molar-refractivity contribution in [3.05, 3.63) is 36.3 Å². The number of rotatable bonds is 11. The number of hydrogen-bond donors (Lipinski definition) is 2. The van der Waals surface area contributed by atoms with E-state index in [1.165, 1.54) is 25.7 Å². The zero-order valence-corrected chi connectivity index (χ0v) is 16.5. The largest absolute Gasteiger partial charge is 0.469 e. The summed E-state index contributed by atoms with van der Waals surface area (Å²) in [5.41, 5.74) is 1.39. The van der Waals surface area contributed by atoms with E-state index in [4.69, 9.17) is 14.1 Å². The molecule has 1 aromatic heterocycles. The van der Waals surface area contributed by atoms with E-state index in [0.29, 0.717) is 5.41 Å². The molecule has 1 aliphatic carbocycles. The van der Waals surface area contributed by atoms with Crippen LogP contribution in [0.2, 0.25) is 0 Å². The number of furan rings is 1. The van der Waals surface area contributed by atoms with Crippen molar-refractivity contribution in [3.63, 3.8) is 0 Å². The minimum Gasteiger partial charge on any atom is -0.469 e. The highest BCUT2D eigenvalue weighted by Gasteiger charge is 2.33. The number of hydrogen-bond acceptors (Lipinski definition) is 3. The van der Waals surface area contributed by atoms with Crippen molar-refractivity contribution in [1.82, 2.24) is 10.6 Å². The minimum absolute atomic E-state index is 0.300. The van der Waals surface area contributed by atoms with Gasteiger partial charge in [-0.3, -0.25) is 4.99 Å². The molecule has 0 amide bonds. The Labute approximate surface area is 158 Å². The van der Waals surface area contributed by atoms with E-state index in [1.807, 2.05) is 19.1 Å². The van der Waals surface area contributed by atoms with Gasteiger partial charge in [0.2, 0.25) is 0 Å². The summed E-state index contributed by atoms with van der Waals surface area (Å²) in [6, 6.07) is 3.92. The lowest BCUT2D eigenvalue weighted by Gasteiger charge is -2.27. The first-order chi connectivity index (χ1) is 12.6. The second kappa shape index (κ2) is 11.1. The summed E-state index contributed by atoms with van der Waals surface area (Å²) >= 11 is 0. The van der Waals surface area contributed by atoms with Gasteiger partial charge in [-0.2, -0.15) is 0 Å². The van der Waals surface area contributed by atoms with Gasteiger partial charge in [0.25, 0.3) is 0 Å². The van der Waals surface area contributed by atoms with Crippen LogP contribution < -0.4 is 10.6 Å². The van der Waals surface area contributed by atoms with Gasteiger partial charge in [0.15, 0.2) is 5.96 Å². The summed E-state index contributed by atoms with van der Waals surface area (Å²) in [4.78, 5) is 4.91. The average Bonchev–Trinajstić information content (AvgIpc) is 3.29. The van der Waals surface area contributed by atoms with Gasteiger partial charge in [-0.1, -0.05) is 25.0 Å². The molecule has 2 rings (SSSR count). The van der Waals surface area contributed by atoms with Crippen molar-refractivity contribution < 1.29 is 9.15 Å². The number of nitrogens with one attached hydrogen (secondary N) is 2. The molecule has 0 saturated heterocycles. The second-order valence-corrected chi connectivity index (χ2v) is 7.39. The second-order valence-electron chi connectivity index (χ2n) is 7.39. The molecule has 0 bridgehead atoms. The molecule has 1 heterocycles. The van der Waals surface area contributed by atoms with Crippen LogP contribution in [0.25, 0.3) is 0 Å². The van der Waals surface area contributed by atoms with E-state index in [2.05, 4.69) is 24.1 Å². The SMILES string of the molecule is C=C(C)CNC(=NCC1(CCOCC)CCCC1)NCCc1ccco1. The standard InChI is InChI=1S/C21H35N3O2/c1-4-25-15-12-21(10-5-6-11-21)17-24-20(23-16-18(2)3)22-13-9-19-8-7-14-26-19/h7-8,14H,2,4-6,9-13,15-17H2,1,3H3,(H2,22,23,24). The van der Waals surface area contributed by atoms with Crippen molar-refractivity contribution in [2.24, 2.45) is 10.4 Å². The van der Waals surface area contributed by atoms with E-state index in [9.17, 15) is 0 Å². The van der Waals surface area contributed by atoms with Crippen molar-refractivity contribution in [3.8, 4) is 0 Å². The predicted octanol–water partition coefficient (Wildman–Crippen LogP) is 3.92. The first-order valence-electron chi connectivity index (χ1n) is 9.90. The molecule has 1 aliphatic rings. The Hall–Kier alpha value is -1.75. The van der Waals surface area contributed by atoms with E-state index in [-0.39, 0.29) is 0 Å². The fraction of sp³-hybridized carbons (Fsp3) is 0.667. The molecule has 2 N–H and O–H groups in total. The molecule has 1 aromatic rings. The molecule has 0 spiro atoms. The highest BCUT2D eigenvalue weighted by atomic mass is 16.5. The summed E-state index contributed by atoms with van der Waals surface area (Å²) in [7, 11) is 0. The molecule has 1 fully saturated rings. The molecule has 0 unspecified atom stereocenters. The topological polar surface area (TPSA) is 58.8 Å². The Morgan fingerprint density at radius 3 is 2.81 bits per heavy atom. The molecule has 26 heavy (non-hydrogen) atoms. The zero-order valence-electron chi connectivity index (χ0n) is 16.5. The summed E-state index contributed by atoms with van der Waals surface area (Å²) in [5, 5.41) is 6.81. The maximum absolute atomic E-state index is 5.61. The van der Waals surface area contributed by atoms with Crippen LogP contribution in [0.5, 0.6) is 0 Å². The van der Waals surface area contributed by atoms with Gasteiger partial charge >= 0.3 is 0 Å². The summed E-state index contributed by atoms with van der Waals surface area (Å²) < 4.78 is 11.0. The van der Waals surface area contributed by atoms with Crippen LogP contribution in [0, 0.1) is 5.41 Å². The van der Waals surface area contributed by atoms with Gasteiger partial charge in [0.1, 0.15) is 5.76 Å². The number of guanidine groups is 1. The number of nitrogens with zero attached hydrogens (tertiary/aromatic N) is 1. The first-order valence-corrected chi connectivity index (χ1v) is 9.90. The fourth-order valence-corrected chi connectivity index (χ4v) is 3.46. The maximum atomic E-state index is 5.61. The lowest BCUT2D eigenvalue weighted by molar-refractivity contribution is 0.107. The predicted molar refractivity (Wildman–Crippen MR) is 108 cm³/mol. The summed E-state index contributed by atoms with van der Waals surface area (Å²) in [6.07, 6.45) is 8.78. The number of aliphatic imine (C=N–C) groups is 1. The fourth-order valence-electron chi connectivity index (χ4n) is 3.46. The van der Waals surface area contributed by atoms with Crippen LogP contribution in [-0.2, 0) is 11.2 Å². The third-order valence-electron chi connectivity index (χ3n) is 5.02. The van der Waals surface area contributed by atoms with E-state index in [0.717, 1.165) is 63.0 Å². The van der Waals surface area contributed by atoms with Gasteiger partial charge < -0.3 is 19.8 Å². The highest BCUT2D eigenvalue weighted by molar-refractivity contribution is 5.80. The molecular weight excluding hydrogens is 326 g/mol. The third-order valence-corrected chi connectivity index (χ3v) is 5.02. The van der Waals surface area contributed by atoms with Gasteiger partial charge in [0, 0.05) is 39.3 Å². The first kappa shape index (κ1) is 20.6. The Morgan fingerprint density at radius 2 is 2.15 bits per heavy atom. The Morgan fingerprint density at radius 1 is 1.35 bits per heavy atom. The Kier molecular flexibility index (Phi) is 8.75. The van der Waals surface area contributed by atoms with Crippen molar-refractivity contribution in [1.29, 1.82) is 0 Å². The lowest BCUT2D eigenvalue weighted by Crippen LogP contribution is -2.40. The molecule has 1 saturated carbocycles. The van der Waals surface area contributed by atoms with E-state index >= 15 is 0 Å². The average molecular weight is 362 g/mol. The van der Waals surface area contributed by atoms with Crippen molar-refractivity contribution in [2.75, 3.05) is 32.8 Å². The lowest BCUT2D eigenvalue weighted by atomic mass is 9.83. The molecule has 0 atom stereocenters. The smallest absolute Gasteiger partial charge is 0.191 e. The third kappa shape index (κ3) is 7.24. The van der Waals surface area contributed by atoms with Gasteiger partial charge in [-0.15, -0.1) is 0 Å². The molecule has 0 aromatic carbocycles. The molecule has 146 valence electrons. The summed E-state index contributed by atoms with van der Waals surface area (Å²) in [6.45, 7) is 12.1. The zero-order chi connectivity index (χ0) is 18.7. The van der Waals surface area contributed by atoms with E-state index < -0.39 is 0 Å². The van der Waals surface area contributed by atoms with Crippen LogP contribution >= 0.6 is 0 Å². The van der Waals surface area contributed by atoms with Gasteiger partial charge in [-0.05, 0) is 50.7 Å². The Bertz CT molecular complexity index is 546. The molecule has 5 nitrogen and oxygen atoms in total. The van der Waals surface area contributed by atoms with Gasteiger partial charge in [0.05, 0.1) is 6.26 Å². The minimum atomic E-state index is 0.300. The molecule has 5 heteroatoms. The Balaban J connectivity index is 1.91. The molecular formula is C21H35N3O2. The quantitative estimate of drug-likeness (QED) is 0.271. The van der Waals surface area contributed by atoms with Gasteiger partial charge in [-0.25, -0.2) is 0 Å². The van der Waals surface area contributed by atoms with Crippen molar-refractivity contribution in [2.45, 2.75) is 52.4 Å². The highest BCUT2D eigenvalue weighted by Crippen LogP contribution is 2.41. The normalized spacial score (nSPS) is 16.6. The van der Waals surface area contributed by atoms with Crippen LogP contribution in [0.3, 0.4) is 0 Å². The van der Waals surface area contributed by atoms with Crippen LogP contribution in [-0.4, -0.2) is 38.8 Å². The summed E-state index contributed by atoms with van der Waals surface area (Å²) in [5.74, 6) is 1.85. The molecule has 0 aliphatic heterocycles. The van der Waals surface area contributed by atoms with Crippen molar-refractivity contribution >= 4 is 5.96 Å². The maximum Gasteiger partial charge on any atom is 0.191 e. The van der Waals surface area contributed by atoms with Crippen LogP contribution in [0.1, 0.15) is 51.7 Å². The monoisotopic (exact) mass is 361 g/mol. The molecule has 0 radical (unpaired) electrons. The van der Waals surface area contributed by atoms with Crippen LogP contribution in [0.4, 0.5) is 0 Å². The van der Waals surface area contributed by atoms with Crippen LogP contribution in [0.15, 0.2) is 40.0 Å². The van der Waals surface area contributed by atoms with E-state index in [1.54, 1.807) is 6.26 Å².